The van der Waals surface area contributed by atoms with E-state index in [0.29, 0.717) is 5.92 Å². The molecule has 3 nitrogen and oxygen atoms in total. The Morgan fingerprint density at radius 2 is 2.12 bits per heavy atom. The molecule has 0 radical (unpaired) electrons. The van der Waals surface area contributed by atoms with E-state index in [4.69, 9.17) is 0 Å². The van der Waals surface area contributed by atoms with Crippen LogP contribution in [0.1, 0.15) is 24.3 Å². The van der Waals surface area contributed by atoms with Crippen molar-refractivity contribution in [3.63, 3.8) is 0 Å². The molecule has 0 saturated carbocycles. The maximum absolute atomic E-state index is 4.23. The van der Waals surface area contributed by atoms with Gasteiger partial charge in [-0.2, -0.15) is 5.10 Å². The summed E-state index contributed by atoms with van der Waals surface area (Å²) in [6, 6.07) is 10.7. The lowest BCUT2D eigenvalue weighted by Crippen LogP contribution is -2.28. The summed E-state index contributed by atoms with van der Waals surface area (Å²) < 4.78 is 1.89. The topological polar surface area (TPSA) is 29.9 Å². The van der Waals surface area contributed by atoms with Crippen LogP contribution in [-0.2, 0) is 0 Å². The van der Waals surface area contributed by atoms with E-state index in [1.54, 1.807) is 6.20 Å². The molecular formula is C14H17N3. The summed E-state index contributed by atoms with van der Waals surface area (Å²) in [6.07, 6.45) is 6.36. The lowest BCUT2D eigenvalue weighted by molar-refractivity contribution is 0.461. The molecule has 1 aromatic heterocycles. The van der Waals surface area contributed by atoms with Crippen molar-refractivity contribution in [1.29, 1.82) is 0 Å². The third kappa shape index (κ3) is 2.24. The Hall–Kier alpha value is -1.61. The van der Waals surface area contributed by atoms with Gasteiger partial charge < -0.3 is 5.32 Å². The first kappa shape index (κ1) is 10.5. The van der Waals surface area contributed by atoms with E-state index in [1.165, 1.54) is 24.9 Å². The van der Waals surface area contributed by atoms with Crippen molar-refractivity contribution in [3.8, 4) is 5.69 Å². The Balaban J connectivity index is 1.80. The number of nitrogens with zero attached hydrogens (tertiary/aromatic N) is 2. The fourth-order valence-electron chi connectivity index (χ4n) is 2.46. The van der Waals surface area contributed by atoms with Crippen molar-refractivity contribution >= 4 is 0 Å². The van der Waals surface area contributed by atoms with E-state index in [0.717, 1.165) is 12.2 Å². The third-order valence-electron chi connectivity index (χ3n) is 3.43. The number of piperidine rings is 1. The van der Waals surface area contributed by atoms with Crippen LogP contribution in [0.5, 0.6) is 0 Å². The molecule has 1 fully saturated rings. The van der Waals surface area contributed by atoms with E-state index in [-0.39, 0.29) is 0 Å². The summed E-state index contributed by atoms with van der Waals surface area (Å²) in [7, 11) is 0. The van der Waals surface area contributed by atoms with Gasteiger partial charge in [0, 0.05) is 18.9 Å². The Labute approximate surface area is 101 Å². The van der Waals surface area contributed by atoms with Crippen LogP contribution in [0.2, 0.25) is 0 Å². The Morgan fingerprint density at radius 3 is 2.76 bits per heavy atom. The van der Waals surface area contributed by atoms with E-state index in [2.05, 4.69) is 34.7 Å². The minimum Gasteiger partial charge on any atom is -0.316 e. The molecule has 0 spiro atoms. The fourth-order valence-corrected chi connectivity index (χ4v) is 2.46. The van der Waals surface area contributed by atoms with Crippen LogP contribution in [-0.4, -0.2) is 22.9 Å². The predicted molar refractivity (Wildman–Crippen MR) is 68.4 cm³/mol. The Morgan fingerprint density at radius 1 is 1.24 bits per heavy atom. The van der Waals surface area contributed by atoms with Crippen molar-refractivity contribution in [2.45, 2.75) is 18.8 Å². The third-order valence-corrected chi connectivity index (χ3v) is 3.43. The quantitative estimate of drug-likeness (QED) is 0.853. The average Bonchev–Trinajstić information content (AvgIpc) is 2.94. The molecule has 1 unspecified atom stereocenters. The van der Waals surface area contributed by atoms with E-state index >= 15 is 0 Å². The molecule has 3 heteroatoms. The lowest BCUT2D eigenvalue weighted by Gasteiger charge is -2.23. The molecule has 1 N–H and O–H groups in total. The molecule has 1 atom stereocenters. The van der Waals surface area contributed by atoms with Gasteiger partial charge in [-0.25, -0.2) is 4.68 Å². The van der Waals surface area contributed by atoms with Gasteiger partial charge in [0.2, 0.25) is 0 Å². The summed E-state index contributed by atoms with van der Waals surface area (Å²) in [4.78, 5) is 0. The van der Waals surface area contributed by atoms with Crippen molar-refractivity contribution < 1.29 is 0 Å². The Bertz CT molecular complexity index is 453. The average molecular weight is 227 g/mol. The molecule has 1 saturated heterocycles. The minimum atomic E-state index is 0.676. The molecule has 17 heavy (non-hydrogen) atoms. The van der Waals surface area contributed by atoms with Crippen molar-refractivity contribution in [1.82, 2.24) is 15.1 Å². The van der Waals surface area contributed by atoms with Gasteiger partial charge in [-0.1, -0.05) is 12.1 Å². The molecule has 1 aliphatic heterocycles. The SMILES string of the molecule is c1cnn(-c2ccc(C3CCCNC3)cc2)c1. The molecule has 0 amide bonds. The van der Waals surface area contributed by atoms with Crippen LogP contribution in [0.15, 0.2) is 42.7 Å². The van der Waals surface area contributed by atoms with Crippen LogP contribution < -0.4 is 5.32 Å². The molecule has 0 bridgehead atoms. The predicted octanol–water partition coefficient (Wildman–Crippen LogP) is 2.34. The molecular weight excluding hydrogens is 210 g/mol. The first-order valence-electron chi connectivity index (χ1n) is 6.24. The van der Waals surface area contributed by atoms with E-state index in [9.17, 15) is 0 Å². The minimum absolute atomic E-state index is 0.676. The highest BCUT2D eigenvalue weighted by atomic mass is 15.3. The standard InChI is InChI=1S/C14H17N3/c1-3-13(11-15-8-1)12-4-6-14(7-5-12)17-10-2-9-16-17/h2,4-7,9-10,13,15H,1,3,8,11H2. The summed E-state index contributed by atoms with van der Waals surface area (Å²) in [5.41, 5.74) is 2.57. The van der Waals surface area contributed by atoms with Crippen LogP contribution in [0.25, 0.3) is 5.69 Å². The van der Waals surface area contributed by atoms with Gasteiger partial charge in [0.15, 0.2) is 0 Å². The number of aromatic nitrogens is 2. The van der Waals surface area contributed by atoms with Gasteiger partial charge in [-0.3, -0.25) is 0 Å². The normalized spacial score (nSPS) is 20.4. The molecule has 1 aliphatic rings. The maximum atomic E-state index is 4.23. The summed E-state index contributed by atoms with van der Waals surface area (Å²) in [5, 5.41) is 7.69. The second-order valence-electron chi connectivity index (χ2n) is 4.59. The lowest BCUT2D eigenvalue weighted by atomic mass is 9.92. The second kappa shape index (κ2) is 4.72. The first-order chi connectivity index (χ1) is 8.43. The van der Waals surface area contributed by atoms with Gasteiger partial charge >= 0.3 is 0 Å². The number of rotatable bonds is 2. The molecule has 3 rings (SSSR count). The number of hydrogen-bond acceptors (Lipinski definition) is 2. The number of nitrogens with one attached hydrogen (secondary N) is 1. The molecule has 0 aliphatic carbocycles. The van der Waals surface area contributed by atoms with Crippen molar-refractivity contribution in [2.75, 3.05) is 13.1 Å². The second-order valence-corrected chi connectivity index (χ2v) is 4.59. The Kier molecular flexibility index (Phi) is 2.92. The smallest absolute Gasteiger partial charge is 0.0645 e. The van der Waals surface area contributed by atoms with Crippen molar-refractivity contribution in [2.24, 2.45) is 0 Å². The largest absolute Gasteiger partial charge is 0.316 e. The highest BCUT2D eigenvalue weighted by molar-refractivity contribution is 5.35. The van der Waals surface area contributed by atoms with Crippen LogP contribution in [0.4, 0.5) is 0 Å². The van der Waals surface area contributed by atoms with Gasteiger partial charge in [0.05, 0.1) is 5.69 Å². The monoisotopic (exact) mass is 227 g/mol. The van der Waals surface area contributed by atoms with Gasteiger partial charge in [0.25, 0.3) is 0 Å². The fraction of sp³-hybridized carbons (Fsp3) is 0.357. The summed E-state index contributed by atoms with van der Waals surface area (Å²) >= 11 is 0. The van der Waals surface area contributed by atoms with Crippen LogP contribution in [0, 0.1) is 0 Å². The molecule has 1 aromatic carbocycles. The van der Waals surface area contributed by atoms with Crippen molar-refractivity contribution in [3.05, 3.63) is 48.3 Å². The van der Waals surface area contributed by atoms with Gasteiger partial charge in [-0.15, -0.1) is 0 Å². The highest BCUT2D eigenvalue weighted by Gasteiger charge is 2.14. The van der Waals surface area contributed by atoms with Gasteiger partial charge in [-0.05, 0) is 49.1 Å². The highest BCUT2D eigenvalue weighted by Crippen LogP contribution is 2.23. The van der Waals surface area contributed by atoms with E-state index in [1.807, 2.05) is 16.9 Å². The zero-order valence-electron chi connectivity index (χ0n) is 9.84. The van der Waals surface area contributed by atoms with Crippen LogP contribution >= 0.6 is 0 Å². The number of hydrogen-bond donors (Lipinski definition) is 1. The molecule has 2 heterocycles. The number of benzene rings is 1. The van der Waals surface area contributed by atoms with Crippen LogP contribution in [0.3, 0.4) is 0 Å². The first-order valence-corrected chi connectivity index (χ1v) is 6.24. The zero-order valence-corrected chi connectivity index (χ0v) is 9.84. The van der Waals surface area contributed by atoms with E-state index < -0.39 is 0 Å². The summed E-state index contributed by atoms with van der Waals surface area (Å²) in [5.74, 6) is 0.676. The zero-order chi connectivity index (χ0) is 11.5. The van der Waals surface area contributed by atoms with Gasteiger partial charge in [0.1, 0.15) is 0 Å². The molecule has 88 valence electrons. The molecule has 2 aromatic rings. The maximum Gasteiger partial charge on any atom is 0.0645 e. The summed E-state index contributed by atoms with van der Waals surface area (Å²) in [6.45, 7) is 2.28.